The zero-order valence-electron chi connectivity index (χ0n) is 12.2. The maximum absolute atomic E-state index is 11.8. The van der Waals surface area contributed by atoms with E-state index in [4.69, 9.17) is 0 Å². The molecule has 23 heavy (non-hydrogen) atoms. The second-order valence-electron chi connectivity index (χ2n) is 4.67. The lowest BCUT2D eigenvalue weighted by Gasteiger charge is -2.02. The molecule has 8 heteroatoms. The number of pyridine rings is 1. The molecule has 3 heterocycles. The van der Waals surface area contributed by atoms with Crippen LogP contribution in [0.2, 0.25) is 0 Å². The number of H-pyrrole nitrogens is 1. The molecular weight excluding hydrogens is 330 g/mol. The van der Waals surface area contributed by atoms with Crippen LogP contribution in [0.15, 0.2) is 47.2 Å². The number of nitrogens with one attached hydrogen (secondary N) is 2. The molecule has 0 aliphatic carbocycles. The highest BCUT2D eigenvalue weighted by Crippen LogP contribution is 2.18. The zero-order valence-corrected chi connectivity index (χ0v) is 13.9. The van der Waals surface area contributed by atoms with Crippen LogP contribution in [0.1, 0.15) is 4.88 Å². The van der Waals surface area contributed by atoms with Crippen molar-refractivity contribution >= 4 is 29.0 Å². The molecule has 0 unspecified atom stereocenters. The summed E-state index contributed by atoms with van der Waals surface area (Å²) in [6.45, 7) is 0.649. The highest BCUT2D eigenvalue weighted by atomic mass is 32.2. The Morgan fingerprint density at radius 1 is 1.30 bits per heavy atom. The van der Waals surface area contributed by atoms with Crippen LogP contribution in [0.25, 0.3) is 11.4 Å². The third kappa shape index (κ3) is 4.64. The van der Waals surface area contributed by atoms with E-state index in [0.717, 1.165) is 12.0 Å². The molecule has 0 radical (unpaired) electrons. The third-order valence-corrected chi connectivity index (χ3v) is 4.81. The molecular formula is C15H15N5OS2. The molecule has 0 spiro atoms. The summed E-state index contributed by atoms with van der Waals surface area (Å²) in [6, 6.07) is 7.79. The van der Waals surface area contributed by atoms with E-state index in [1.54, 1.807) is 23.7 Å². The van der Waals surface area contributed by atoms with E-state index in [2.05, 4.69) is 31.5 Å². The first kappa shape index (κ1) is 15.7. The molecule has 118 valence electrons. The minimum absolute atomic E-state index is 0.0122. The van der Waals surface area contributed by atoms with E-state index in [1.165, 1.54) is 16.6 Å². The first-order valence-electron chi connectivity index (χ1n) is 7.06. The number of thioether (sulfide) groups is 1. The van der Waals surface area contributed by atoms with E-state index >= 15 is 0 Å². The molecule has 1 amide bonds. The molecule has 0 aliphatic rings. The summed E-state index contributed by atoms with van der Waals surface area (Å²) < 4.78 is 0. The average molecular weight is 345 g/mol. The Morgan fingerprint density at radius 2 is 2.17 bits per heavy atom. The van der Waals surface area contributed by atoms with Crippen molar-refractivity contribution in [3.63, 3.8) is 0 Å². The number of thiophene rings is 1. The Balaban J connectivity index is 1.43. The maximum Gasteiger partial charge on any atom is 0.230 e. The number of nitrogens with zero attached hydrogens (tertiary/aromatic N) is 3. The van der Waals surface area contributed by atoms with Gasteiger partial charge in [-0.05, 0) is 30.0 Å². The number of carbonyl (C=O) groups excluding carboxylic acids is 1. The average Bonchev–Trinajstić information content (AvgIpc) is 3.25. The second kappa shape index (κ2) is 7.89. The Morgan fingerprint density at radius 3 is 2.96 bits per heavy atom. The molecule has 0 aliphatic heterocycles. The van der Waals surface area contributed by atoms with Crippen molar-refractivity contribution in [2.24, 2.45) is 0 Å². The summed E-state index contributed by atoms with van der Waals surface area (Å²) in [5.41, 5.74) is 0.916. The highest BCUT2D eigenvalue weighted by molar-refractivity contribution is 7.99. The van der Waals surface area contributed by atoms with Crippen molar-refractivity contribution in [3.05, 3.63) is 46.9 Å². The van der Waals surface area contributed by atoms with Crippen LogP contribution < -0.4 is 5.32 Å². The number of aromatic nitrogens is 4. The van der Waals surface area contributed by atoms with E-state index in [0.29, 0.717) is 23.3 Å². The third-order valence-electron chi connectivity index (χ3n) is 3.02. The van der Waals surface area contributed by atoms with Gasteiger partial charge in [-0.25, -0.2) is 4.98 Å². The van der Waals surface area contributed by atoms with E-state index in [9.17, 15) is 4.79 Å². The first-order chi connectivity index (χ1) is 11.3. The Hall–Kier alpha value is -2.19. The summed E-state index contributed by atoms with van der Waals surface area (Å²) in [6.07, 6.45) is 4.26. The van der Waals surface area contributed by atoms with Gasteiger partial charge in [-0.2, -0.15) is 0 Å². The molecule has 0 fully saturated rings. The summed E-state index contributed by atoms with van der Waals surface area (Å²) in [5.74, 6) is 0.966. The van der Waals surface area contributed by atoms with Crippen LogP contribution in [0, 0.1) is 0 Å². The number of carbonyl (C=O) groups is 1. The van der Waals surface area contributed by atoms with Crippen LogP contribution in [0.3, 0.4) is 0 Å². The molecule has 3 rings (SSSR count). The largest absolute Gasteiger partial charge is 0.355 e. The molecule has 0 saturated carbocycles. The lowest BCUT2D eigenvalue weighted by molar-refractivity contribution is -0.118. The zero-order chi connectivity index (χ0) is 15.9. The summed E-state index contributed by atoms with van der Waals surface area (Å²) in [7, 11) is 0. The van der Waals surface area contributed by atoms with Gasteiger partial charge in [-0.15, -0.1) is 16.4 Å². The van der Waals surface area contributed by atoms with Crippen molar-refractivity contribution in [2.75, 3.05) is 12.3 Å². The Bertz CT molecular complexity index is 742. The van der Waals surface area contributed by atoms with Gasteiger partial charge in [-0.3, -0.25) is 14.9 Å². The molecule has 3 aromatic heterocycles. The summed E-state index contributed by atoms with van der Waals surface area (Å²) >= 11 is 3.01. The number of aromatic amines is 1. The standard InChI is InChI=1S/C15H15N5OS2/c21-13(17-8-5-12-2-1-9-22-12)10-23-15-18-14(19-20-15)11-3-6-16-7-4-11/h1-4,6-7,9H,5,8,10H2,(H,17,21)(H,18,19,20). The topological polar surface area (TPSA) is 83.6 Å². The fraction of sp³-hybridized carbons (Fsp3) is 0.200. The minimum Gasteiger partial charge on any atom is -0.355 e. The lowest BCUT2D eigenvalue weighted by Crippen LogP contribution is -2.27. The van der Waals surface area contributed by atoms with Crippen molar-refractivity contribution in [1.82, 2.24) is 25.5 Å². The van der Waals surface area contributed by atoms with Gasteiger partial charge in [0.1, 0.15) is 0 Å². The monoisotopic (exact) mass is 345 g/mol. The minimum atomic E-state index is -0.0122. The maximum atomic E-state index is 11.8. The van der Waals surface area contributed by atoms with Crippen molar-refractivity contribution < 1.29 is 4.79 Å². The molecule has 0 saturated heterocycles. The predicted octanol–water partition coefficient (Wildman–Crippen LogP) is 2.38. The van der Waals surface area contributed by atoms with Gasteiger partial charge in [0.05, 0.1) is 5.75 Å². The molecule has 0 bridgehead atoms. The molecule has 0 aromatic carbocycles. The summed E-state index contributed by atoms with van der Waals surface area (Å²) in [5, 5.41) is 12.5. The molecule has 3 aromatic rings. The van der Waals surface area contributed by atoms with Gasteiger partial charge in [0, 0.05) is 29.4 Å². The number of rotatable bonds is 7. The van der Waals surface area contributed by atoms with Crippen LogP contribution in [0.4, 0.5) is 0 Å². The van der Waals surface area contributed by atoms with Gasteiger partial charge < -0.3 is 5.32 Å². The number of amides is 1. The quantitative estimate of drug-likeness (QED) is 0.642. The van der Waals surface area contributed by atoms with Crippen LogP contribution in [-0.2, 0) is 11.2 Å². The van der Waals surface area contributed by atoms with E-state index in [1.807, 2.05) is 23.6 Å². The Kier molecular flexibility index (Phi) is 5.38. The van der Waals surface area contributed by atoms with Gasteiger partial charge in [-0.1, -0.05) is 17.8 Å². The van der Waals surface area contributed by atoms with Gasteiger partial charge in [0.15, 0.2) is 5.82 Å². The van der Waals surface area contributed by atoms with Gasteiger partial charge >= 0.3 is 0 Å². The fourth-order valence-electron chi connectivity index (χ4n) is 1.91. The fourth-order valence-corrected chi connectivity index (χ4v) is 3.25. The van der Waals surface area contributed by atoms with Crippen molar-refractivity contribution in [2.45, 2.75) is 11.6 Å². The second-order valence-corrected chi connectivity index (χ2v) is 6.65. The number of hydrogen-bond acceptors (Lipinski definition) is 6. The van der Waals surface area contributed by atoms with Gasteiger partial charge in [0.2, 0.25) is 11.1 Å². The Labute approximate surface area is 141 Å². The van der Waals surface area contributed by atoms with E-state index < -0.39 is 0 Å². The smallest absolute Gasteiger partial charge is 0.230 e. The van der Waals surface area contributed by atoms with Crippen LogP contribution in [0.5, 0.6) is 0 Å². The van der Waals surface area contributed by atoms with Gasteiger partial charge in [0.25, 0.3) is 0 Å². The molecule has 6 nitrogen and oxygen atoms in total. The SMILES string of the molecule is O=C(CSc1n[nH]c(-c2ccncc2)n1)NCCc1cccs1. The summed E-state index contributed by atoms with van der Waals surface area (Å²) in [4.78, 5) is 21.4. The lowest BCUT2D eigenvalue weighted by atomic mass is 10.3. The first-order valence-corrected chi connectivity index (χ1v) is 8.92. The van der Waals surface area contributed by atoms with Crippen LogP contribution >= 0.6 is 23.1 Å². The number of hydrogen-bond donors (Lipinski definition) is 2. The highest BCUT2D eigenvalue weighted by Gasteiger charge is 2.08. The van der Waals surface area contributed by atoms with E-state index in [-0.39, 0.29) is 5.91 Å². The van der Waals surface area contributed by atoms with Crippen LogP contribution in [-0.4, -0.2) is 38.4 Å². The predicted molar refractivity (Wildman–Crippen MR) is 91.4 cm³/mol. The van der Waals surface area contributed by atoms with Crippen molar-refractivity contribution in [3.8, 4) is 11.4 Å². The normalized spacial score (nSPS) is 10.6. The molecule has 0 atom stereocenters. The molecule has 2 N–H and O–H groups in total. The van der Waals surface area contributed by atoms with Crippen molar-refractivity contribution in [1.29, 1.82) is 0 Å².